The maximum atomic E-state index is 11.8. The molecule has 20 heavy (non-hydrogen) atoms. The summed E-state index contributed by atoms with van der Waals surface area (Å²) in [6, 6.07) is 6.13. The zero-order valence-electron chi connectivity index (χ0n) is 11.2. The van der Waals surface area contributed by atoms with Gasteiger partial charge in [-0.15, -0.1) is 0 Å². The van der Waals surface area contributed by atoms with Gasteiger partial charge in [0, 0.05) is 6.54 Å². The lowest BCUT2D eigenvalue weighted by Crippen LogP contribution is -2.35. The van der Waals surface area contributed by atoms with Crippen molar-refractivity contribution < 1.29 is 27.2 Å². The fraction of sp³-hybridized carbons (Fsp3) is 0.417. The first-order valence-electron chi connectivity index (χ1n) is 5.81. The summed E-state index contributed by atoms with van der Waals surface area (Å²) < 4.78 is 32.6. The van der Waals surface area contributed by atoms with Crippen LogP contribution in [0.5, 0.6) is 0 Å². The summed E-state index contributed by atoms with van der Waals surface area (Å²) >= 11 is 0. The highest BCUT2D eigenvalue weighted by Crippen LogP contribution is 2.13. The Balaban J connectivity index is 2.51. The first-order chi connectivity index (χ1) is 9.35. The summed E-state index contributed by atoms with van der Waals surface area (Å²) in [5.41, 5.74) is 0.922. The molecule has 0 aliphatic carbocycles. The minimum atomic E-state index is -3.92. The van der Waals surface area contributed by atoms with Gasteiger partial charge in [0.1, 0.15) is 0 Å². The van der Waals surface area contributed by atoms with Gasteiger partial charge < -0.3 is 15.2 Å². The SMILES string of the molecule is COC(=O)NCC(O)COS(=O)(=O)c1ccc(C)cc1. The topological polar surface area (TPSA) is 102 Å². The second kappa shape index (κ2) is 7.22. The molecule has 0 saturated carbocycles. The first kappa shape index (κ1) is 16.4. The molecule has 0 saturated heterocycles. The lowest BCUT2D eigenvalue weighted by atomic mass is 10.2. The van der Waals surface area contributed by atoms with E-state index < -0.39 is 28.9 Å². The number of aliphatic hydroxyl groups excluding tert-OH is 1. The molecule has 112 valence electrons. The Morgan fingerprint density at radius 1 is 1.35 bits per heavy atom. The maximum absolute atomic E-state index is 11.8. The second-order valence-electron chi connectivity index (χ2n) is 4.08. The number of hydrogen-bond acceptors (Lipinski definition) is 6. The van der Waals surface area contributed by atoms with Gasteiger partial charge in [0.2, 0.25) is 0 Å². The molecule has 2 N–H and O–H groups in total. The summed E-state index contributed by atoms with van der Waals surface area (Å²) in [6.45, 7) is 1.20. The molecule has 1 unspecified atom stereocenters. The number of aryl methyl sites for hydroxylation is 1. The van der Waals surface area contributed by atoms with Crippen molar-refractivity contribution in [2.45, 2.75) is 17.9 Å². The Labute approximate surface area is 117 Å². The van der Waals surface area contributed by atoms with Crippen molar-refractivity contribution in [1.29, 1.82) is 0 Å². The lowest BCUT2D eigenvalue weighted by molar-refractivity contribution is 0.105. The van der Waals surface area contributed by atoms with E-state index >= 15 is 0 Å². The molecule has 1 rings (SSSR count). The number of rotatable bonds is 6. The average Bonchev–Trinajstić information content (AvgIpc) is 2.43. The van der Waals surface area contributed by atoms with Crippen molar-refractivity contribution in [2.75, 3.05) is 20.3 Å². The van der Waals surface area contributed by atoms with Crippen LogP contribution >= 0.6 is 0 Å². The van der Waals surface area contributed by atoms with E-state index in [0.717, 1.165) is 5.56 Å². The largest absolute Gasteiger partial charge is 0.453 e. The molecule has 1 aromatic carbocycles. The molecule has 1 atom stereocenters. The van der Waals surface area contributed by atoms with E-state index in [9.17, 15) is 18.3 Å². The number of amides is 1. The van der Waals surface area contributed by atoms with E-state index in [1.807, 2.05) is 6.92 Å². The number of carbonyl (C=O) groups is 1. The van der Waals surface area contributed by atoms with Crippen molar-refractivity contribution in [3.63, 3.8) is 0 Å². The second-order valence-corrected chi connectivity index (χ2v) is 5.69. The number of nitrogens with one attached hydrogen (secondary N) is 1. The number of benzene rings is 1. The number of ether oxygens (including phenoxy) is 1. The Morgan fingerprint density at radius 2 is 1.95 bits per heavy atom. The van der Waals surface area contributed by atoms with Gasteiger partial charge in [-0.05, 0) is 19.1 Å². The van der Waals surface area contributed by atoms with E-state index in [1.165, 1.54) is 19.2 Å². The number of carbonyl (C=O) groups excluding carboxylic acids is 1. The minimum Gasteiger partial charge on any atom is -0.453 e. The monoisotopic (exact) mass is 303 g/mol. The number of methoxy groups -OCH3 is 1. The van der Waals surface area contributed by atoms with Crippen LogP contribution in [0.1, 0.15) is 5.56 Å². The highest BCUT2D eigenvalue weighted by molar-refractivity contribution is 7.86. The molecule has 7 nitrogen and oxygen atoms in total. The molecule has 0 aliphatic rings. The van der Waals surface area contributed by atoms with E-state index in [0.29, 0.717) is 0 Å². The van der Waals surface area contributed by atoms with Gasteiger partial charge in [0.15, 0.2) is 0 Å². The quantitative estimate of drug-likeness (QED) is 0.738. The molecule has 0 aliphatic heterocycles. The van der Waals surface area contributed by atoms with Crippen LogP contribution in [0.15, 0.2) is 29.2 Å². The van der Waals surface area contributed by atoms with Gasteiger partial charge in [-0.1, -0.05) is 17.7 Å². The van der Waals surface area contributed by atoms with E-state index in [4.69, 9.17) is 4.18 Å². The molecule has 0 bridgehead atoms. The summed E-state index contributed by atoms with van der Waals surface area (Å²) in [7, 11) is -2.74. The van der Waals surface area contributed by atoms with E-state index in [-0.39, 0.29) is 11.4 Å². The van der Waals surface area contributed by atoms with Crippen molar-refractivity contribution in [3.8, 4) is 0 Å². The predicted molar refractivity (Wildman–Crippen MR) is 70.7 cm³/mol. The Hall–Kier alpha value is -1.64. The van der Waals surface area contributed by atoms with Gasteiger partial charge in [0.25, 0.3) is 10.1 Å². The van der Waals surface area contributed by atoms with Gasteiger partial charge >= 0.3 is 6.09 Å². The fourth-order valence-corrected chi connectivity index (χ4v) is 2.22. The molecule has 1 amide bonds. The molecule has 1 aromatic rings. The van der Waals surface area contributed by atoms with Crippen LogP contribution in [0.25, 0.3) is 0 Å². The maximum Gasteiger partial charge on any atom is 0.406 e. The first-order valence-corrected chi connectivity index (χ1v) is 7.22. The Bertz CT molecular complexity index is 540. The third-order valence-corrected chi connectivity index (χ3v) is 3.69. The third kappa shape index (κ3) is 5.16. The summed E-state index contributed by atoms with van der Waals surface area (Å²) in [4.78, 5) is 10.8. The van der Waals surface area contributed by atoms with Crippen LogP contribution in [0.3, 0.4) is 0 Å². The number of alkyl carbamates (subject to hydrolysis) is 1. The van der Waals surface area contributed by atoms with Gasteiger partial charge in [0.05, 0.1) is 24.7 Å². The van der Waals surface area contributed by atoms with Crippen LogP contribution in [-0.4, -0.2) is 46.0 Å². The Kier molecular flexibility index (Phi) is 5.93. The number of aliphatic hydroxyl groups is 1. The smallest absolute Gasteiger partial charge is 0.406 e. The summed E-state index contributed by atoms with van der Waals surface area (Å²) in [5, 5.41) is 11.7. The predicted octanol–water partition coefficient (Wildman–Crippen LogP) is 0.417. The fourth-order valence-electron chi connectivity index (χ4n) is 1.27. The zero-order valence-corrected chi connectivity index (χ0v) is 12.0. The van der Waals surface area contributed by atoms with Gasteiger partial charge in [-0.2, -0.15) is 8.42 Å². The van der Waals surface area contributed by atoms with E-state index in [2.05, 4.69) is 10.1 Å². The van der Waals surface area contributed by atoms with Crippen molar-refractivity contribution in [2.24, 2.45) is 0 Å². The van der Waals surface area contributed by atoms with Gasteiger partial charge in [-0.3, -0.25) is 4.18 Å². The summed E-state index contributed by atoms with van der Waals surface area (Å²) in [5.74, 6) is 0. The molecular formula is C12H17NO6S. The van der Waals surface area contributed by atoms with Crippen LogP contribution < -0.4 is 5.32 Å². The molecule has 0 heterocycles. The average molecular weight is 303 g/mol. The van der Waals surface area contributed by atoms with E-state index in [1.54, 1.807) is 12.1 Å². The lowest BCUT2D eigenvalue weighted by Gasteiger charge is -2.12. The Morgan fingerprint density at radius 3 is 2.50 bits per heavy atom. The van der Waals surface area contributed by atoms with Crippen LogP contribution in [-0.2, 0) is 19.0 Å². The molecular weight excluding hydrogens is 286 g/mol. The molecule has 8 heteroatoms. The molecule has 0 aromatic heterocycles. The minimum absolute atomic E-state index is 0.0104. The van der Waals surface area contributed by atoms with Crippen LogP contribution in [0.2, 0.25) is 0 Å². The molecule has 0 spiro atoms. The van der Waals surface area contributed by atoms with Crippen LogP contribution in [0.4, 0.5) is 4.79 Å². The van der Waals surface area contributed by atoms with Gasteiger partial charge in [-0.25, -0.2) is 4.79 Å². The van der Waals surface area contributed by atoms with Crippen molar-refractivity contribution >= 4 is 16.2 Å². The number of hydrogen-bond donors (Lipinski definition) is 2. The summed E-state index contributed by atoms with van der Waals surface area (Å²) in [6.07, 6.45) is -1.88. The highest BCUT2D eigenvalue weighted by atomic mass is 32.2. The zero-order chi connectivity index (χ0) is 15.2. The normalized spacial score (nSPS) is 12.8. The van der Waals surface area contributed by atoms with Crippen LogP contribution in [0, 0.1) is 6.92 Å². The molecule has 0 fully saturated rings. The third-order valence-electron chi connectivity index (χ3n) is 2.39. The molecule has 0 radical (unpaired) electrons. The van der Waals surface area contributed by atoms with Crippen molar-refractivity contribution in [3.05, 3.63) is 29.8 Å². The standard InChI is InChI=1S/C12H17NO6S/c1-9-3-5-11(6-4-9)20(16,17)19-8-10(14)7-13-12(15)18-2/h3-6,10,14H,7-8H2,1-2H3,(H,13,15). The van der Waals surface area contributed by atoms with Crippen molar-refractivity contribution in [1.82, 2.24) is 5.32 Å². The highest BCUT2D eigenvalue weighted by Gasteiger charge is 2.17.